The Morgan fingerprint density at radius 3 is 2.83 bits per heavy atom. The second-order valence-electron chi connectivity index (χ2n) is 3.73. The molecule has 2 rings (SSSR count). The minimum absolute atomic E-state index is 0.338. The summed E-state index contributed by atoms with van der Waals surface area (Å²) in [6, 6.07) is 9.45. The minimum atomic E-state index is 0.338. The Hall–Kier alpha value is -1.72. The number of nitrogens with two attached hydrogens (primary N) is 1. The fourth-order valence-electron chi connectivity index (χ4n) is 1.66. The van der Waals surface area contributed by atoms with Crippen molar-refractivity contribution in [2.75, 3.05) is 20.3 Å². The molecule has 1 aromatic heterocycles. The summed E-state index contributed by atoms with van der Waals surface area (Å²) >= 11 is 5.05. The lowest BCUT2D eigenvalue weighted by molar-refractivity contribution is 0.144. The molecule has 0 unspecified atom stereocenters. The van der Waals surface area contributed by atoms with Crippen LogP contribution in [-0.2, 0) is 4.74 Å². The van der Waals surface area contributed by atoms with E-state index in [9.17, 15) is 0 Å². The minimum Gasteiger partial charge on any atom is -0.475 e. The molecule has 0 aliphatic carbocycles. The van der Waals surface area contributed by atoms with Gasteiger partial charge in [-0.05, 0) is 6.07 Å². The van der Waals surface area contributed by atoms with E-state index in [1.54, 1.807) is 13.2 Å². The van der Waals surface area contributed by atoms with E-state index in [0.29, 0.717) is 24.1 Å². The number of pyridine rings is 1. The number of aromatic nitrogens is 1. The second kappa shape index (κ2) is 5.75. The number of ether oxygens (including phenoxy) is 2. The predicted molar refractivity (Wildman–Crippen MR) is 75.0 cm³/mol. The van der Waals surface area contributed by atoms with Crippen molar-refractivity contribution >= 4 is 28.1 Å². The van der Waals surface area contributed by atoms with Gasteiger partial charge in [-0.1, -0.05) is 30.4 Å². The van der Waals surface area contributed by atoms with E-state index >= 15 is 0 Å². The number of benzene rings is 1. The fourth-order valence-corrected chi connectivity index (χ4v) is 1.83. The quantitative estimate of drug-likeness (QED) is 0.658. The molecule has 0 saturated heterocycles. The normalized spacial score (nSPS) is 10.5. The second-order valence-corrected chi connectivity index (χ2v) is 4.17. The van der Waals surface area contributed by atoms with Crippen LogP contribution in [0.5, 0.6) is 5.88 Å². The molecule has 0 atom stereocenters. The van der Waals surface area contributed by atoms with Crippen LogP contribution >= 0.6 is 12.2 Å². The van der Waals surface area contributed by atoms with E-state index in [1.165, 1.54) is 0 Å². The summed E-state index contributed by atoms with van der Waals surface area (Å²) in [5.41, 5.74) is 7.32. The molecule has 5 heteroatoms. The van der Waals surface area contributed by atoms with Crippen molar-refractivity contribution in [3.8, 4) is 5.88 Å². The topological polar surface area (TPSA) is 57.4 Å². The van der Waals surface area contributed by atoms with E-state index in [4.69, 9.17) is 27.4 Å². The Kier molecular flexibility index (Phi) is 4.07. The first kappa shape index (κ1) is 12.7. The van der Waals surface area contributed by atoms with Gasteiger partial charge >= 0.3 is 0 Å². The third-order valence-electron chi connectivity index (χ3n) is 2.50. The van der Waals surface area contributed by atoms with Crippen molar-refractivity contribution in [3.63, 3.8) is 0 Å². The van der Waals surface area contributed by atoms with E-state index in [-0.39, 0.29) is 0 Å². The standard InChI is InChI=1S/C13H14N2O2S/c1-16-6-7-17-12-8-10(13(14)18)9-4-2-3-5-11(9)15-12/h2-5,8H,6-7H2,1H3,(H2,14,18). The van der Waals surface area contributed by atoms with Gasteiger partial charge in [-0.25, -0.2) is 4.98 Å². The third kappa shape index (κ3) is 2.75. The van der Waals surface area contributed by atoms with Crippen LogP contribution in [0.4, 0.5) is 0 Å². The Morgan fingerprint density at radius 2 is 2.11 bits per heavy atom. The molecule has 2 aromatic rings. The SMILES string of the molecule is COCCOc1cc(C(N)=S)c2ccccc2n1. The molecule has 4 nitrogen and oxygen atoms in total. The zero-order valence-electron chi connectivity index (χ0n) is 10.1. The number of hydrogen-bond acceptors (Lipinski definition) is 4. The van der Waals surface area contributed by atoms with E-state index < -0.39 is 0 Å². The monoisotopic (exact) mass is 262 g/mol. The maximum atomic E-state index is 5.73. The summed E-state index contributed by atoms with van der Waals surface area (Å²) < 4.78 is 10.4. The molecule has 0 aliphatic rings. The summed E-state index contributed by atoms with van der Waals surface area (Å²) in [5, 5.41) is 0.934. The number of fused-ring (bicyclic) bond motifs is 1. The molecule has 1 aromatic carbocycles. The molecule has 2 N–H and O–H groups in total. The van der Waals surface area contributed by atoms with Gasteiger partial charge in [-0.2, -0.15) is 0 Å². The summed E-state index contributed by atoms with van der Waals surface area (Å²) in [6.45, 7) is 0.954. The molecule has 0 aliphatic heterocycles. The molecule has 94 valence electrons. The van der Waals surface area contributed by atoms with E-state index in [2.05, 4.69) is 4.98 Å². The average molecular weight is 262 g/mol. The first-order chi connectivity index (χ1) is 8.72. The highest BCUT2D eigenvalue weighted by Crippen LogP contribution is 2.21. The fraction of sp³-hybridized carbons (Fsp3) is 0.231. The largest absolute Gasteiger partial charge is 0.475 e. The molecule has 1 heterocycles. The van der Waals surface area contributed by atoms with Crippen molar-refractivity contribution in [1.29, 1.82) is 0 Å². The van der Waals surface area contributed by atoms with Crippen LogP contribution in [0.25, 0.3) is 10.9 Å². The number of thiocarbonyl (C=S) groups is 1. The lowest BCUT2D eigenvalue weighted by atomic mass is 10.1. The van der Waals surface area contributed by atoms with Crippen LogP contribution in [0.1, 0.15) is 5.56 Å². The summed E-state index contributed by atoms with van der Waals surface area (Å²) in [6.07, 6.45) is 0. The molecule has 0 saturated carbocycles. The van der Waals surface area contributed by atoms with Crippen molar-refractivity contribution in [2.45, 2.75) is 0 Å². The Labute approximate surface area is 111 Å². The highest BCUT2D eigenvalue weighted by atomic mass is 32.1. The van der Waals surface area contributed by atoms with Gasteiger partial charge in [-0.15, -0.1) is 0 Å². The maximum Gasteiger partial charge on any atom is 0.214 e. The van der Waals surface area contributed by atoms with Crippen LogP contribution < -0.4 is 10.5 Å². The molecule has 18 heavy (non-hydrogen) atoms. The van der Waals surface area contributed by atoms with Gasteiger partial charge in [0.1, 0.15) is 11.6 Å². The summed E-state index contributed by atoms with van der Waals surface area (Å²) in [5.74, 6) is 0.508. The van der Waals surface area contributed by atoms with E-state index in [0.717, 1.165) is 16.5 Å². The summed E-state index contributed by atoms with van der Waals surface area (Å²) in [4.78, 5) is 4.74. The van der Waals surface area contributed by atoms with Crippen LogP contribution in [-0.4, -0.2) is 30.3 Å². The number of para-hydroxylation sites is 1. The van der Waals surface area contributed by atoms with Gasteiger partial charge in [-0.3, -0.25) is 0 Å². The number of methoxy groups -OCH3 is 1. The van der Waals surface area contributed by atoms with Crippen LogP contribution in [0.15, 0.2) is 30.3 Å². The maximum absolute atomic E-state index is 5.73. The average Bonchev–Trinajstić information content (AvgIpc) is 2.38. The predicted octanol–water partition coefficient (Wildman–Crippen LogP) is 1.89. The first-order valence-corrected chi connectivity index (χ1v) is 5.94. The van der Waals surface area contributed by atoms with Crippen LogP contribution in [0, 0.1) is 0 Å². The van der Waals surface area contributed by atoms with Crippen molar-refractivity contribution in [2.24, 2.45) is 5.73 Å². The van der Waals surface area contributed by atoms with Crippen molar-refractivity contribution < 1.29 is 9.47 Å². The highest BCUT2D eigenvalue weighted by molar-refractivity contribution is 7.80. The Morgan fingerprint density at radius 1 is 1.33 bits per heavy atom. The smallest absolute Gasteiger partial charge is 0.214 e. The molecule has 0 amide bonds. The third-order valence-corrected chi connectivity index (χ3v) is 2.72. The lowest BCUT2D eigenvalue weighted by Gasteiger charge is -2.09. The van der Waals surface area contributed by atoms with E-state index in [1.807, 2.05) is 24.3 Å². The first-order valence-electron chi connectivity index (χ1n) is 5.53. The number of hydrogen-bond donors (Lipinski definition) is 1. The molecular weight excluding hydrogens is 248 g/mol. The van der Waals surface area contributed by atoms with Crippen molar-refractivity contribution in [1.82, 2.24) is 4.98 Å². The summed E-state index contributed by atoms with van der Waals surface area (Å²) in [7, 11) is 1.62. The zero-order valence-corrected chi connectivity index (χ0v) is 10.9. The zero-order chi connectivity index (χ0) is 13.0. The van der Waals surface area contributed by atoms with Gasteiger partial charge in [0.05, 0.1) is 12.1 Å². The van der Waals surface area contributed by atoms with Gasteiger partial charge in [0.25, 0.3) is 0 Å². The van der Waals surface area contributed by atoms with Gasteiger partial charge < -0.3 is 15.2 Å². The number of nitrogens with zero attached hydrogens (tertiary/aromatic N) is 1. The van der Waals surface area contributed by atoms with Crippen LogP contribution in [0.2, 0.25) is 0 Å². The number of rotatable bonds is 5. The van der Waals surface area contributed by atoms with Gasteiger partial charge in [0.2, 0.25) is 5.88 Å². The lowest BCUT2D eigenvalue weighted by Crippen LogP contribution is -2.12. The molecule has 0 spiro atoms. The van der Waals surface area contributed by atoms with Gasteiger partial charge in [0, 0.05) is 24.1 Å². The molecule has 0 bridgehead atoms. The Bertz CT molecular complexity index is 572. The molecule has 0 radical (unpaired) electrons. The van der Waals surface area contributed by atoms with Crippen molar-refractivity contribution in [3.05, 3.63) is 35.9 Å². The highest BCUT2D eigenvalue weighted by Gasteiger charge is 2.08. The van der Waals surface area contributed by atoms with Crippen LogP contribution in [0.3, 0.4) is 0 Å². The molecular formula is C13H14N2O2S. The van der Waals surface area contributed by atoms with Gasteiger partial charge in [0.15, 0.2) is 0 Å². The Balaban J connectivity index is 2.41. The molecule has 0 fully saturated rings.